The first kappa shape index (κ1) is 15.8. The Bertz CT molecular complexity index is 548. The van der Waals surface area contributed by atoms with Gasteiger partial charge in [0.1, 0.15) is 5.02 Å². The maximum atomic E-state index is 12.3. The first-order valence-electron chi connectivity index (χ1n) is 7.27. The highest BCUT2D eigenvalue weighted by atomic mass is 35.5. The van der Waals surface area contributed by atoms with E-state index in [-0.39, 0.29) is 22.7 Å². The molecule has 1 aromatic carbocycles. The lowest BCUT2D eigenvalue weighted by Crippen LogP contribution is -2.41. The molecule has 0 aliphatic heterocycles. The fourth-order valence-electron chi connectivity index (χ4n) is 2.93. The average molecular weight is 311 g/mol. The topological polar surface area (TPSA) is 72.2 Å². The summed E-state index contributed by atoms with van der Waals surface area (Å²) in [6.07, 6.45) is 5.52. The van der Waals surface area contributed by atoms with Crippen LogP contribution in [0.5, 0.6) is 0 Å². The number of carbonyl (C=O) groups is 1. The van der Waals surface area contributed by atoms with Crippen molar-refractivity contribution < 1.29 is 9.72 Å². The van der Waals surface area contributed by atoms with Gasteiger partial charge >= 0.3 is 0 Å². The predicted molar refractivity (Wildman–Crippen MR) is 81.6 cm³/mol. The Morgan fingerprint density at radius 1 is 1.43 bits per heavy atom. The van der Waals surface area contributed by atoms with Crippen molar-refractivity contribution in [1.29, 1.82) is 0 Å². The van der Waals surface area contributed by atoms with Crippen LogP contribution in [0.4, 0.5) is 5.69 Å². The zero-order chi connectivity index (χ0) is 15.4. The molecule has 0 radical (unpaired) electrons. The van der Waals surface area contributed by atoms with Gasteiger partial charge in [0.25, 0.3) is 11.6 Å². The van der Waals surface area contributed by atoms with Crippen LogP contribution in [-0.2, 0) is 0 Å². The maximum absolute atomic E-state index is 12.3. The molecule has 0 saturated heterocycles. The molecule has 1 N–H and O–H groups in total. The molecule has 5 nitrogen and oxygen atoms in total. The summed E-state index contributed by atoms with van der Waals surface area (Å²) in [6, 6.07) is 4.27. The van der Waals surface area contributed by atoms with E-state index in [1.165, 1.54) is 24.6 Å². The summed E-state index contributed by atoms with van der Waals surface area (Å²) in [4.78, 5) is 22.4. The molecule has 0 bridgehead atoms. The number of nitrogens with zero attached hydrogens (tertiary/aromatic N) is 1. The Morgan fingerprint density at radius 3 is 2.76 bits per heavy atom. The van der Waals surface area contributed by atoms with E-state index in [9.17, 15) is 14.9 Å². The third-order valence-electron chi connectivity index (χ3n) is 4.16. The van der Waals surface area contributed by atoms with Gasteiger partial charge in [-0.05, 0) is 30.9 Å². The van der Waals surface area contributed by atoms with Gasteiger partial charge in [-0.1, -0.05) is 37.8 Å². The van der Waals surface area contributed by atoms with Crippen molar-refractivity contribution in [3.8, 4) is 0 Å². The highest BCUT2D eigenvalue weighted by Gasteiger charge is 2.25. The number of rotatable bonds is 4. The fourth-order valence-corrected chi connectivity index (χ4v) is 3.18. The van der Waals surface area contributed by atoms with Gasteiger partial charge < -0.3 is 5.32 Å². The Hall–Kier alpha value is -1.62. The third-order valence-corrected chi connectivity index (χ3v) is 4.46. The predicted octanol–water partition coefficient (Wildman–Crippen LogP) is 3.95. The highest BCUT2D eigenvalue weighted by Crippen LogP contribution is 2.28. The Labute approximate surface area is 128 Å². The summed E-state index contributed by atoms with van der Waals surface area (Å²) >= 11 is 5.85. The number of hydrogen-bond acceptors (Lipinski definition) is 3. The summed E-state index contributed by atoms with van der Waals surface area (Å²) in [5, 5.41) is 13.8. The molecule has 1 saturated carbocycles. The standard InChI is InChI=1S/C15H19ClN2O3/c1-2-10-5-3-4-6-13(10)17-15(19)11-7-8-14(18(20)21)12(16)9-11/h7-10,13H,2-6H2,1H3,(H,17,19). The quantitative estimate of drug-likeness (QED) is 0.676. The molecule has 2 unspecified atom stereocenters. The van der Waals surface area contributed by atoms with E-state index in [0.29, 0.717) is 11.5 Å². The largest absolute Gasteiger partial charge is 0.349 e. The highest BCUT2D eigenvalue weighted by molar-refractivity contribution is 6.33. The zero-order valence-corrected chi connectivity index (χ0v) is 12.7. The van der Waals surface area contributed by atoms with Crippen LogP contribution in [0.2, 0.25) is 5.02 Å². The molecule has 1 fully saturated rings. The van der Waals surface area contributed by atoms with Crippen LogP contribution in [0.3, 0.4) is 0 Å². The average Bonchev–Trinajstić information content (AvgIpc) is 2.47. The van der Waals surface area contributed by atoms with E-state index < -0.39 is 4.92 Å². The van der Waals surface area contributed by atoms with E-state index >= 15 is 0 Å². The van der Waals surface area contributed by atoms with Crippen LogP contribution < -0.4 is 5.32 Å². The zero-order valence-electron chi connectivity index (χ0n) is 12.0. The van der Waals surface area contributed by atoms with Gasteiger partial charge in [-0.15, -0.1) is 0 Å². The van der Waals surface area contributed by atoms with Crippen molar-refractivity contribution in [3.63, 3.8) is 0 Å². The number of nitro benzene ring substituents is 1. The second-order valence-corrected chi connectivity index (χ2v) is 5.86. The maximum Gasteiger partial charge on any atom is 0.287 e. The van der Waals surface area contributed by atoms with Crippen molar-refractivity contribution in [2.45, 2.75) is 45.1 Å². The molecule has 6 heteroatoms. The minimum Gasteiger partial charge on any atom is -0.349 e. The Morgan fingerprint density at radius 2 is 2.14 bits per heavy atom. The molecular formula is C15H19ClN2O3. The molecule has 1 aliphatic carbocycles. The molecule has 1 aromatic rings. The van der Waals surface area contributed by atoms with Crippen LogP contribution >= 0.6 is 11.6 Å². The lowest BCUT2D eigenvalue weighted by Gasteiger charge is -2.31. The lowest BCUT2D eigenvalue weighted by atomic mass is 9.83. The van der Waals surface area contributed by atoms with Crippen molar-refractivity contribution in [2.24, 2.45) is 5.92 Å². The van der Waals surface area contributed by atoms with Gasteiger partial charge in [0.2, 0.25) is 0 Å². The number of carbonyl (C=O) groups excluding carboxylic acids is 1. The minimum absolute atomic E-state index is 0.0108. The Balaban J connectivity index is 2.09. The fraction of sp³-hybridized carbons (Fsp3) is 0.533. The molecule has 0 aromatic heterocycles. The lowest BCUT2D eigenvalue weighted by molar-refractivity contribution is -0.384. The van der Waals surface area contributed by atoms with Crippen molar-refractivity contribution >= 4 is 23.2 Å². The number of hydrogen-bond donors (Lipinski definition) is 1. The molecule has 21 heavy (non-hydrogen) atoms. The number of nitrogens with one attached hydrogen (secondary N) is 1. The number of nitro groups is 1. The van der Waals surface area contributed by atoms with Crippen molar-refractivity contribution in [1.82, 2.24) is 5.32 Å². The van der Waals surface area contributed by atoms with Crippen LogP contribution in [0, 0.1) is 16.0 Å². The normalized spacial score (nSPS) is 21.8. The summed E-state index contributed by atoms with van der Waals surface area (Å²) in [5.41, 5.74) is 0.184. The minimum atomic E-state index is -0.557. The summed E-state index contributed by atoms with van der Waals surface area (Å²) in [5.74, 6) is 0.299. The molecule has 0 heterocycles. The van der Waals surface area contributed by atoms with Gasteiger partial charge in [0.15, 0.2) is 0 Å². The van der Waals surface area contributed by atoms with Crippen LogP contribution in [0.15, 0.2) is 18.2 Å². The van der Waals surface area contributed by atoms with Gasteiger partial charge in [0, 0.05) is 17.7 Å². The van der Waals surface area contributed by atoms with Gasteiger partial charge in [-0.3, -0.25) is 14.9 Å². The molecule has 0 spiro atoms. The first-order valence-corrected chi connectivity index (χ1v) is 7.65. The van der Waals surface area contributed by atoms with Gasteiger partial charge in [-0.2, -0.15) is 0 Å². The summed E-state index contributed by atoms with van der Waals surface area (Å²) < 4.78 is 0. The van der Waals surface area contributed by atoms with Crippen LogP contribution in [0.25, 0.3) is 0 Å². The van der Waals surface area contributed by atoms with E-state index in [2.05, 4.69) is 12.2 Å². The summed E-state index contributed by atoms with van der Waals surface area (Å²) in [7, 11) is 0. The Kier molecular flexibility index (Phi) is 5.17. The van der Waals surface area contributed by atoms with Gasteiger partial charge in [-0.25, -0.2) is 0 Å². The monoisotopic (exact) mass is 310 g/mol. The second-order valence-electron chi connectivity index (χ2n) is 5.46. The van der Waals surface area contributed by atoms with Crippen molar-refractivity contribution in [2.75, 3.05) is 0 Å². The molecule has 114 valence electrons. The van der Waals surface area contributed by atoms with Crippen molar-refractivity contribution in [3.05, 3.63) is 38.9 Å². The van der Waals surface area contributed by atoms with Crippen LogP contribution in [0.1, 0.15) is 49.4 Å². The molecule has 2 atom stereocenters. The van der Waals surface area contributed by atoms with Crippen LogP contribution in [-0.4, -0.2) is 16.9 Å². The SMILES string of the molecule is CCC1CCCCC1NC(=O)c1ccc([N+](=O)[O-])c(Cl)c1. The molecule has 2 rings (SSSR count). The van der Waals surface area contributed by atoms with Gasteiger partial charge in [0.05, 0.1) is 4.92 Å². The van der Waals surface area contributed by atoms with E-state index in [0.717, 1.165) is 25.7 Å². The number of halogens is 1. The third kappa shape index (κ3) is 3.73. The number of amides is 1. The second kappa shape index (κ2) is 6.89. The first-order chi connectivity index (χ1) is 10.0. The molecule has 1 amide bonds. The summed E-state index contributed by atoms with van der Waals surface area (Å²) in [6.45, 7) is 2.14. The van der Waals surface area contributed by atoms with E-state index in [1.54, 1.807) is 0 Å². The molecular weight excluding hydrogens is 292 g/mol. The molecule has 1 aliphatic rings. The number of benzene rings is 1. The van der Waals surface area contributed by atoms with E-state index in [1.807, 2.05) is 0 Å². The smallest absolute Gasteiger partial charge is 0.287 e. The van der Waals surface area contributed by atoms with E-state index in [4.69, 9.17) is 11.6 Å².